The zero-order chi connectivity index (χ0) is 14.8. The normalized spacial score (nSPS) is 11.3. The van der Waals surface area contributed by atoms with E-state index in [1.165, 1.54) is 0 Å². The lowest BCUT2D eigenvalue weighted by atomic mass is 10.2. The van der Waals surface area contributed by atoms with Crippen molar-refractivity contribution in [1.29, 1.82) is 0 Å². The number of aryl methyl sites for hydroxylation is 1. The first-order valence-corrected chi connectivity index (χ1v) is 8.64. The van der Waals surface area contributed by atoms with Crippen molar-refractivity contribution in [3.8, 4) is 11.5 Å². The van der Waals surface area contributed by atoms with Gasteiger partial charge in [0.2, 0.25) is 0 Å². The Morgan fingerprint density at radius 3 is 2.40 bits per heavy atom. The minimum Gasteiger partial charge on any atom is -0.456 e. The van der Waals surface area contributed by atoms with E-state index in [2.05, 4.69) is 15.9 Å². The highest BCUT2D eigenvalue weighted by atomic mass is 79.9. The van der Waals surface area contributed by atoms with Gasteiger partial charge in [-0.25, -0.2) is 8.42 Å². The summed E-state index contributed by atoms with van der Waals surface area (Å²) in [6.45, 7) is 3.58. The Morgan fingerprint density at radius 1 is 1.10 bits per heavy atom. The molecule has 0 aromatic heterocycles. The molecular weight excluding hydrogens is 340 g/mol. The maximum Gasteiger partial charge on any atom is 0.178 e. The number of hydrogen-bond acceptors (Lipinski definition) is 3. The van der Waals surface area contributed by atoms with Crippen LogP contribution in [-0.2, 0) is 9.84 Å². The van der Waals surface area contributed by atoms with Crippen LogP contribution in [0.2, 0.25) is 0 Å². The van der Waals surface area contributed by atoms with Gasteiger partial charge in [-0.2, -0.15) is 0 Å². The van der Waals surface area contributed by atoms with Crippen LogP contribution < -0.4 is 4.74 Å². The summed E-state index contributed by atoms with van der Waals surface area (Å²) in [5.41, 5.74) is 1.02. The number of hydrogen-bond donors (Lipinski definition) is 0. The third-order valence-electron chi connectivity index (χ3n) is 2.96. The van der Waals surface area contributed by atoms with Crippen LogP contribution >= 0.6 is 15.9 Å². The van der Waals surface area contributed by atoms with Crippen LogP contribution in [-0.4, -0.2) is 14.2 Å². The summed E-state index contributed by atoms with van der Waals surface area (Å²) in [5, 5.41) is 0. The molecule has 0 aliphatic carbocycles. The molecule has 0 aliphatic rings. The summed E-state index contributed by atoms with van der Waals surface area (Å²) in [4.78, 5) is 0.295. The average molecular weight is 355 g/mol. The Labute approximate surface area is 127 Å². The Bertz CT molecular complexity index is 724. The standard InChI is InChI=1S/C15H15BrO3S/c1-3-20(17,18)12-8-9-15(13(16)10-12)19-14-7-5-4-6-11(14)2/h4-10H,3H2,1-2H3. The van der Waals surface area contributed by atoms with Gasteiger partial charge in [-0.3, -0.25) is 0 Å². The molecule has 0 N–H and O–H groups in total. The van der Waals surface area contributed by atoms with Gasteiger partial charge >= 0.3 is 0 Å². The summed E-state index contributed by atoms with van der Waals surface area (Å²) in [6.07, 6.45) is 0. The van der Waals surface area contributed by atoms with Crippen LogP contribution in [0, 0.1) is 6.92 Å². The van der Waals surface area contributed by atoms with Crippen LogP contribution in [0.5, 0.6) is 11.5 Å². The van der Waals surface area contributed by atoms with Gasteiger partial charge in [0.15, 0.2) is 9.84 Å². The predicted octanol–water partition coefficient (Wildman–Crippen LogP) is 4.34. The third-order valence-corrected chi connectivity index (χ3v) is 5.31. The van der Waals surface area contributed by atoms with Crippen molar-refractivity contribution in [2.45, 2.75) is 18.7 Å². The van der Waals surface area contributed by atoms with Crippen molar-refractivity contribution in [2.24, 2.45) is 0 Å². The largest absolute Gasteiger partial charge is 0.456 e. The third kappa shape index (κ3) is 3.22. The first-order valence-electron chi connectivity index (χ1n) is 6.20. The highest BCUT2D eigenvalue weighted by Crippen LogP contribution is 2.33. The van der Waals surface area contributed by atoms with E-state index in [-0.39, 0.29) is 5.75 Å². The molecule has 2 rings (SSSR count). The number of para-hydroxylation sites is 1. The Balaban J connectivity index is 2.34. The second-order valence-corrected chi connectivity index (χ2v) is 7.50. The molecule has 0 bridgehead atoms. The van der Waals surface area contributed by atoms with Gasteiger partial charge in [0.1, 0.15) is 11.5 Å². The first-order chi connectivity index (χ1) is 9.44. The maximum atomic E-state index is 11.8. The fourth-order valence-electron chi connectivity index (χ4n) is 1.71. The van der Waals surface area contributed by atoms with E-state index in [1.54, 1.807) is 25.1 Å². The zero-order valence-electron chi connectivity index (χ0n) is 11.3. The van der Waals surface area contributed by atoms with Crippen molar-refractivity contribution >= 4 is 25.8 Å². The van der Waals surface area contributed by atoms with Gasteiger partial charge in [0, 0.05) is 0 Å². The van der Waals surface area contributed by atoms with Gasteiger partial charge in [-0.1, -0.05) is 25.1 Å². The van der Waals surface area contributed by atoms with Crippen molar-refractivity contribution in [1.82, 2.24) is 0 Å². The summed E-state index contributed by atoms with van der Waals surface area (Å²) in [6, 6.07) is 12.5. The molecule has 2 aromatic rings. The van der Waals surface area contributed by atoms with E-state index < -0.39 is 9.84 Å². The molecular formula is C15H15BrO3S. The average Bonchev–Trinajstić information content (AvgIpc) is 2.43. The molecule has 0 radical (unpaired) electrons. The molecule has 0 unspecified atom stereocenters. The van der Waals surface area contributed by atoms with Crippen molar-refractivity contribution < 1.29 is 13.2 Å². The molecule has 0 saturated heterocycles. The van der Waals surface area contributed by atoms with Crippen LogP contribution in [0.15, 0.2) is 51.8 Å². The van der Waals surface area contributed by atoms with E-state index in [4.69, 9.17) is 4.74 Å². The molecule has 0 heterocycles. The molecule has 3 nitrogen and oxygen atoms in total. The van der Waals surface area contributed by atoms with Crippen LogP contribution in [0.4, 0.5) is 0 Å². The summed E-state index contributed by atoms with van der Waals surface area (Å²) >= 11 is 3.36. The van der Waals surface area contributed by atoms with Gasteiger partial charge in [0.05, 0.1) is 15.1 Å². The minimum absolute atomic E-state index is 0.0808. The number of sulfone groups is 1. The second kappa shape index (κ2) is 5.97. The Morgan fingerprint density at radius 2 is 1.80 bits per heavy atom. The molecule has 106 valence electrons. The monoisotopic (exact) mass is 354 g/mol. The number of benzene rings is 2. The van der Waals surface area contributed by atoms with Gasteiger partial charge < -0.3 is 4.74 Å². The van der Waals surface area contributed by atoms with Gasteiger partial charge in [-0.05, 0) is 52.7 Å². The Kier molecular flexibility index (Phi) is 4.50. The van der Waals surface area contributed by atoms with E-state index in [0.29, 0.717) is 15.1 Å². The molecule has 0 aliphatic heterocycles. The predicted molar refractivity (Wildman–Crippen MR) is 83.1 cm³/mol. The number of ether oxygens (including phenoxy) is 1. The molecule has 2 aromatic carbocycles. The van der Waals surface area contributed by atoms with Crippen molar-refractivity contribution in [3.63, 3.8) is 0 Å². The van der Waals surface area contributed by atoms with Crippen LogP contribution in [0.1, 0.15) is 12.5 Å². The molecule has 20 heavy (non-hydrogen) atoms. The van der Waals surface area contributed by atoms with Gasteiger partial charge in [0.25, 0.3) is 0 Å². The lowest BCUT2D eigenvalue weighted by Crippen LogP contribution is -2.03. The van der Waals surface area contributed by atoms with E-state index in [9.17, 15) is 8.42 Å². The molecule has 0 atom stereocenters. The summed E-state index contributed by atoms with van der Waals surface area (Å²) in [7, 11) is -3.20. The van der Waals surface area contributed by atoms with E-state index in [0.717, 1.165) is 11.3 Å². The lowest BCUT2D eigenvalue weighted by molar-refractivity contribution is 0.475. The molecule has 0 saturated carbocycles. The zero-order valence-corrected chi connectivity index (χ0v) is 13.7. The fraction of sp³-hybridized carbons (Fsp3) is 0.200. The number of rotatable bonds is 4. The smallest absolute Gasteiger partial charge is 0.178 e. The SMILES string of the molecule is CCS(=O)(=O)c1ccc(Oc2ccccc2C)c(Br)c1. The van der Waals surface area contributed by atoms with Crippen LogP contribution in [0.25, 0.3) is 0 Å². The van der Waals surface area contributed by atoms with Crippen LogP contribution in [0.3, 0.4) is 0 Å². The van der Waals surface area contributed by atoms with E-state index in [1.807, 2.05) is 31.2 Å². The Hall–Kier alpha value is -1.33. The highest BCUT2D eigenvalue weighted by Gasteiger charge is 2.14. The quantitative estimate of drug-likeness (QED) is 0.819. The van der Waals surface area contributed by atoms with Crippen molar-refractivity contribution in [3.05, 3.63) is 52.5 Å². The molecule has 0 fully saturated rings. The fourth-order valence-corrected chi connectivity index (χ4v) is 3.23. The minimum atomic E-state index is -3.20. The molecule has 0 amide bonds. The highest BCUT2D eigenvalue weighted by molar-refractivity contribution is 9.10. The number of halogens is 1. The van der Waals surface area contributed by atoms with Crippen molar-refractivity contribution in [2.75, 3.05) is 5.75 Å². The molecule has 5 heteroatoms. The van der Waals surface area contributed by atoms with Gasteiger partial charge in [-0.15, -0.1) is 0 Å². The second-order valence-electron chi connectivity index (χ2n) is 4.36. The summed E-state index contributed by atoms with van der Waals surface area (Å²) < 4.78 is 30.1. The maximum absolute atomic E-state index is 11.8. The lowest BCUT2D eigenvalue weighted by Gasteiger charge is -2.11. The summed E-state index contributed by atoms with van der Waals surface area (Å²) in [5.74, 6) is 1.42. The first kappa shape index (κ1) is 15.1. The molecule has 0 spiro atoms. The van der Waals surface area contributed by atoms with E-state index >= 15 is 0 Å². The topological polar surface area (TPSA) is 43.4 Å².